The minimum absolute atomic E-state index is 0.238. The molecule has 0 fully saturated rings. The Labute approximate surface area is 121 Å². The van der Waals surface area contributed by atoms with E-state index in [-0.39, 0.29) is 17.3 Å². The minimum atomic E-state index is -0.332. The van der Waals surface area contributed by atoms with Crippen LogP contribution < -0.4 is 10.3 Å². The summed E-state index contributed by atoms with van der Waals surface area (Å²) in [5, 5.41) is 10.3. The molecule has 0 spiro atoms. The number of benzene rings is 1. The van der Waals surface area contributed by atoms with Crippen LogP contribution in [0.5, 0.6) is 11.6 Å². The van der Waals surface area contributed by atoms with Crippen LogP contribution in [0.15, 0.2) is 23.0 Å². The Balaban J connectivity index is 2.48. The summed E-state index contributed by atoms with van der Waals surface area (Å²) >= 11 is 6.03. The number of hydrogen-bond donors (Lipinski definition) is 2. The molecule has 0 saturated heterocycles. The first-order valence-electron chi connectivity index (χ1n) is 6.22. The topological polar surface area (TPSA) is 75.2 Å². The molecule has 0 aliphatic carbocycles. The Kier molecular flexibility index (Phi) is 4.29. The van der Waals surface area contributed by atoms with E-state index >= 15 is 0 Å². The summed E-state index contributed by atoms with van der Waals surface area (Å²) in [6.45, 7) is 1.93. The fourth-order valence-electron chi connectivity index (χ4n) is 1.91. The van der Waals surface area contributed by atoms with Crippen LogP contribution in [-0.2, 0) is 6.42 Å². The predicted molar refractivity (Wildman–Crippen MR) is 77.5 cm³/mol. The molecule has 20 heavy (non-hydrogen) atoms. The van der Waals surface area contributed by atoms with Gasteiger partial charge in [-0.3, -0.25) is 4.79 Å². The van der Waals surface area contributed by atoms with E-state index in [1.54, 1.807) is 18.2 Å². The second kappa shape index (κ2) is 5.96. The number of nitrogens with one attached hydrogen (secondary N) is 1. The van der Waals surface area contributed by atoms with Crippen molar-refractivity contribution in [2.45, 2.75) is 19.8 Å². The van der Waals surface area contributed by atoms with Gasteiger partial charge >= 0.3 is 0 Å². The van der Waals surface area contributed by atoms with Crippen LogP contribution in [0, 0.1) is 0 Å². The number of ether oxygens (including phenoxy) is 1. The number of methoxy groups -OCH3 is 1. The number of aromatic hydroxyl groups is 1. The highest BCUT2D eigenvalue weighted by atomic mass is 35.5. The fraction of sp³-hybridized carbons (Fsp3) is 0.286. The molecule has 2 rings (SSSR count). The van der Waals surface area contributed by atoms with E-state index in [4.69, 9.17) is 16.3 Å². The van der Waals surface area contributed by atoms with Crippen LogP contribution in [0.2, 0.25) is 5.02 Å². The summed E-state index contributed by atoms with van der Waals surface area (Å²) in [4.78, 5) is 18.6. The van der Waals surface area contributed by atoms with Gasteiger partial charge in [0.15, 0.2) is 0 Å². The molecule has 0 saturated carbocycles. The lowest BCUT2D eigenvalue weighted by molar-refractivity contribution is 0.415. The third-order valence-corrected chi connectivity index (χ3v) is 3.21. The van der Waals surface area contributed by atoms with Crippen LogP contribution >= 0.6 is 11.6 Å². The number of H-pyrrole nitrogens is 1. The van der Waals surface area contributed by atoms with Crippen molar-refractivity contribution >= 4 is 11.6 Å². The van der Waals surface area contributed by atoms with Crippen molar-refractivity contribution in [3.63, 3.8) is 0 Å². The lowest BCUT2D eigenvalue weighted by Gasteiger charge is -2.07. The van der Waals surface area contributed by atoms with Crippen molar-refractivity contribution < 1.29 is 9.84 Å². The second-order valence-electron chi connectivity index (χ2n) is 4.32. The van der Waals surface area contributed by atoms with Crippen molar-refractivity contribution in [3.8, 4) is 23.0 Å². The molecule has 0 radical (unpaired) electrons. The van der Waals surface area contributed by atoms with Crippen molar-refractivity contribution in [2.75, 3.05) is 7.11 Å². The van der Waals surface area contributed by atoms with E-state index in [9.17, 15) is 9.90 Å². The molecule has 1 aromatic heterocycles. The molecule has 2 N–H and O–H groups in total. The van der Waals surface area contributed by atoms with Gasteiger partial charge in [0.25, 0.3) is 5.56 Å². The van der Waals surface area contributed by atoms with E-state index in [2.05, 4.69) is 9.97 Å². The molecule has 1 aromatic carbocycles. The van der Waals surface area contributed by atoms with E-state index in [0.29, 0.717) is 28.3 Å². The zero-order valence-corrected chi connectivity index (χ0v) is 12.0. The summed E-state index contributed by atoms with van der Waals surface area (Å²) in [7, 11) is 1.52. The van der Waals surface area contributed by atoms with Crippen LogP contribution in [0.3, 0.4) is 0 Å². The van der Waals surface area contributed by atoms with Crippen molar-refractivity contribution in [2.24, 2.45) is 0 Å². The zero-order valence-electron chi connectivity index (χ0n) is 11.2. The highest BCUT2D eigenvalue weighted by Crippen LogP contribution is 2.29. The normalized spacial score (nSPS) is 10.6. The zero-order chi connectivity index (χ0) is 14.7. The molecule has 5 nitrogen and oxygen atoms in total. The molecule has 6 heteroatoms. The van der Waals surface area contributed by atoms with Crippen molar-refractivity contribution in [1.29, 1.82) is 0 Å². The first-order chi connectivity index (χ1) is 9.56. The second-order valence-corrected chi connectivity index (χ2v) is 4.72. The molecule has 2 aromatic rings. The largest absolute Gasteiger partial charge is 0.495 e. The number of rotatable bonds is 4. The highest BCUT2D eigenvalue weighted by molar-refractivity contribution is 6.32. The van der Waals surface area contributed by atoms with Gasteiger partial charge in [-0.25, -0.2) is 0 Å². The van der Waals surface area contributed by atoms with Gasteiger partial charge in [0.1, 0.15) is 11.6 Å². The molecule has 106 valence electrons. The molecule has 0 aliphatic heterocycles. The predicted octanol–water partition coefficient (Wildman–Crippen LogP) is 2.76. The molecule has 0 unspecified atom stereocenters. The summed E-state index contributed by atoms with van der Waals surface area (Å²) in [5.41, 5.74) is 0.573. The van der Waals surface area contributed by atoms with Gasteiger partial charge in [0, 0.05) is 5.56 Å². The Morgan fingerprint density at radius 3 is 2.75 bits per heavy atom. The Bertz CT molecular complexity index is 683. The summed E-state index contributed by atoms with van der Waals surface area (Å²) in [5.74, 6) is 0.569. The molecular formula is C14H15ClN2O3. The third-order valence-electron chi connectivity index (χ3n) is 2.92. The summed E-state index contributed by atoms with van der Waals surface area (Å²) < 4.78 is 5.06. The van der Waals surface area contributed by atoms with Gasteiger partial charge in [-0.1, -0.05) is 24.9 Å². The number of aromatic amines is 1. The highest BCUT2D eigenvalue weighted by Gasteiger charge is 2.12. The first-order valence-corrected chi connectivity index (χ1v) is 6.60. The number of aromatic nitrogens is 2. The fourth-order valence-corrected chi connectivity index (χ4v) is 2.17. The molecule has 0 bridgehead atoms. The smallest absolute Gasteiger partial charge is 0.258 e. The summed E-state index contributed by atoms with van der Waals surface area (Å²) in [6, 6.07) is 5.01. The van der Waals surface area contributed by atoms with Crippen LogP contribution in [0.25, 0.3) is 11.4 Å². The molecule has 0 aliphatic rings. The number of hydrogen-bond acceptors (Lipinski definition) is 4. The maximum Gasteiger partial charge on any atom is 0.258 e. The van der Waals surface area contributed by atoms with Crippen LogP contribution in [0.1, 0.15) is 18.9 Å². The Morgan fingerprint density at radius 2 is 2.20 bits per heavy atom. The molecular weight excluding hydrogens is 280 g/mol. The molecule has 0 atom stereocenters. The average molecular weight is 295 g/mol. The van der Waals surface area contributed by atoms with Gasteiger partial charge in [-0.05, 0) is 24.6 Å². The van der Waals surface area contributed by atoms with Crippen LogP contribution in [-0.4, -0.2) is 22.2 Å². The van der Waals surface area contributed by atoms with Gasteiger partial charge in [-0.2, -0.15) is 4.98 Å². The maximum absolute atomic E-state index is 11.9. The first kappa shape index (κ1) is 14.4. The Morgan fingerprint density at radius 1 is 1.45 bits per heavy atom. The van der Waals surface area contributed by atoms with Crippen molar-refractivity contribution in [3.05, 3.63) is 39.1 Å². The SMILES string of the molecule is CCCc1c(O)nc(-c2ccc(OC)c(Cl)c2)[nH]c1=O. The van der Waals surface area contributed by atoms with Crippen molar-refractivity contribution in [1.82, 2.24) is 9.97 Å². The van der Waals surface area contributed by atoms with E-state index in [0.717, 1.165) is 6.42 Å². The van der Waals surface area contributed by atoms with E-state index in [1.807, 2.05) is 6.92 Å². The molecule has 0 amide bonds. The van der Waals surface area contributed by atoms with E-state index in [1.165, 1.54) is 7.11 Å². The lowest BCUT2D eigenvalue weighted by atomic mass is 10.1. The summed E-state index contributed by atoms with van der Waals surface area (Å²) in [6.07, 6.45) is 1.24. The van der Waals surface area contributed by atoms with Gasteiger partial charge < -0.3 is 14.8 Å². The van der Waals surface area contributed by atoms with Gasteiger partial charge in [0.2, 0.25) is 5.88 Å². The average Bonchev–Trinajstić information content (AvgIpc) is 2.42. The minimum Gasteiger partial charge on any atom is -0.495 e. The lowest BCUT2D eigenvalue weighted by Crippen LogP contribution is -2.15. The monoisotopic (exact) mass is 294 g/mol. The molecule has 1 heterocycles. The third kappa shape index (κ3) is 2.77. The van der Waals surface area contributed by atoms with Gasteiger partial charge in [-0.15, -0.1) is 0 Å². The standard InChI is InChI=1S/C14H15ClN2O3/c1-3-4-9-13(18)16-12(17-14(9)19)8-5-6-11(20-2)10(15)7-8/h5-7H,3-4H2,1-2H3,(H2,16,17,18,19). The van der Waals surface area contributed by atoms with E-state index < -0.39 is 0 Å². The quantitative estimate of drug-likeness (QED) is 0.909. The van der Waals surface area contributed by atoms with Crippen LogP contribution in [0.4, 0.5) is 0 Å². The number of nitrogens with zero attached hydrogens (tertiary/aromatic N) is 1. The Hall–Kier alpha value is -2.01. The maximum atomic E-state index is 11.9. The van der Waals surface area contributed by atoms with Gasteiger partial charge in [0.05, 0.1) is 17.7 Å². The number of halogens is 1.